The number of aromatic nitrogens is 2. The Hall–Kier alpha value is -2.37. The summed E-state index contributed by atoms with van der Waals surface area (Å²) in [6.07, 6.45) is 1.73. The van der Waals surface area contributed by atoms with Crippen molar-refractivity contribution in [3.8, 4) is 0 Å². The average Bonchev–Trinajstić information content (AvgIpc) is 2.78. The lowest BCUT2D eigenvalue weighted by Gasteiger charge is -2.03. The molecule has 1 aromatic heterocycles. The highest BCUT2D eigenvalue weighted by Crippen LogP contribution is 2.31. The van der Waals surface area contributed by atoms with Crippen molar-refractivity contribution in [2.75, 3.05) is 5.73 Å². The lowest BCUT2D eigenvalue weighted by atomic mass is 10.1. The van der Waals surface area contributed by atoms with Gasteiger partial charge in [-0.05, 0) is 18.4 Å². The van der Waals surface area contributed by atoms with Gasteiger partial charge in [0.2, 0.25) is 5.82 Å². The molecule has 0 atom stereocenters. The fraction of sp³-hybridized carbons (Fsp3) is 0.400. The Morgan fingerprint density at radius 1 is 1.33 bits per heavy atom. The van der Waals surface area contributed by atoms with Crippen molar-refractivity contribution in [2.24, 2.45) is 0 Å². The van der Waals surface area contributed by atoms with E-state index in [0.717, 1.165) is 12.8 Å². The Balaban J connectivity index is 2.10. The van der Waals surface area contributed by atoms with Crippen LogP contribution in [0.4, 0.5) is 11.5 Å². The van der Waals surface area contributed by atoms with E-state index in [2.05, 4.69) is 17.2 Å². The summed E-state index contributed by atoms with van der Waals surface area (Å²) in [6.45, 7) is 4.33. The fourth-order valence-corrected chi connectivity index (χ4v) is 2.31. The molecule has 1 aromatic carbocycles. The van der Waals surface area contributed by atoms with Gasteiger partial charge in [-0.1, -0.05) is 44.2 Å². The Morgan fingerprint density at radius 2 is 2.00 bits per heavy atom. The molecular formula is C15H20N4O2. The summed E-state index contributed by atoms with van der Waals surface area (Å²) >= 11 is 0. The minimum absolute atomic E-state index is 0.0249. The van der Waals surface area contributed by atoms with Crippen molar-refractivity contribution in [1.29, 1.82) is 0 Å². The molecule has 0 radical (unpaired) electrons. The smallest absolute Gasteiger partial charge is 0.334 e. The normalized spacial score (nSPS) is 11.0. The molecule has 2 N–H and O–H groups in total. The Kier molecular flexibility index (Phi) is 4.57. The summed E-state index contributed by atoms with van der Waals surface area (Å²) in [6, 6.07) is 10.1. The van der Waals surface area contributed by atoms with Crippen molar-refractivity contribution < 1.29 is 4.92 Å². The van der Waals surface area contributed by atoms with Crippen molar-refractivity contribution in [1.82, 2.24) is 9.78 Å². The number of anilines is 1. The number of nitro groups is 1. The standard InChI is InChI=1S/C15H20N4O2/c1-11(2)13-14(19(20)21)15(16)18(17-13)10-6-9-12-7-4-3-5-8-12/h3-5,7-8,11H,6,9-10,16H2,1-2H3. The summed E-state index contributed by atoms with van der Waals surface area (Å²) in [5.74, 6) is 0.125. The van der Waals surface area contributed by atoms with Crippen LogP contribution in [0, 0.1) is 10.1 Å². The van der Waals surface area contributed by atoms with E-state index in [1.807, 2.05) is 32.0 Å². The van der Waals surface area contributed by atoms with Gasteiger partial charge in [-0.25, -0.2) is 4.68 Å². The molecule has 0 fully saturated rings. The molecule has 0 saturated heterocycles. The molecule has 1 heterocycles. The fourth-order valence-electron chi connectivity index (χ4n) is 2.31. The third-order valence-electron chi connectivity index (χ3n) is 3.40. The van der Waals surface area contributed by atoms with Crippen molar-refractivity contribution in [3.05, 3.63) is 51.7 Å². The second-order valence-corrected chi connectivity index (χ2v) is 5.34. The summed E-state index contributed by atoms with van der Waals surface area (Å²) in [5, 5.41) is 15.4. The van der Waals surface area contributed by atoms with Gasteiger partial charge in [-0.3, -0.25) is 10.1 Å². The molecule has 0 aliphatic rings. The van der Waals surface area contributed by atoms with Gasteiger partial charge < -0.3 is 5.73 Å². The number of hydrogen-bond acceptors (Lipinski definition) is 4. The van der Waals surface area contributed by atoms with Crippen LogP contribution in [0.25, 0.3) is 0 Å². The third kappa shape index (κ3) is 3.39. The van der Waals surface area contributed by atoms with Crippen molar-refractivity contribution in [3.63, 3.8) is 0 Å². The van der Waals surface area contributed by atoms with E-state index in [1.165, 1.54) is 5.56 Å². The van der Waals surface area contributed by atoms with E-state index >= 15 is 0 Å². The molecule has 6 nitrogen and oxygen atoms in total. The summed E-state index contributed by atoms with van der Waals surface area (Å²) in [4.78, 5) is 10.7. The highest BCUT2D eigenvalue weighted by atomic mass is 16.6. The van der Waals surface area contributed by atoms with Gasteiger partial charge in [0.15, 0.2) is 0 Å². The van der Waals surface area contributed by atoms with Crippen molar-refractivity contribution in [2.45, 2.75) is 39.2 Å². The van der Waals surface area contributed by atoms with Gasteiger partial charge in [0, 0.05) is 12.5 Å². The van der Waals surface area contributed by atoms with E-state index in [-0.39, 0.29) is 17.4 Å². The first-order chi connectivity index (χ1) is 10.0. The molecule has 0 aliphatic heterocycles. The largest absolute Gasteiger partial charge is 0.378 e. The average molecular weight is 288 g/mol. The summed E-state index contributed by atoms with van der Waals surface area (Å²) in [7, 11) is 0. The first-order valence-corrected chi connectivity index (χ1v) is 7.05. The zero-order valence-electron chi connectivity index (χ0n) is 12.3. The van der Waals surface area contributed by atoms with E-state index in [0.29, 0.717) is 12.2 Å². The van der Waals surface area contributed by atoms with E-state index < -0.39 is 4.92 Å². The molecule has 2 aromatic rings. The number of nitrogen functional groups attached to an aromatic ring is 1. The number of nitrogens with two attached hydrogens (primary N) is 1. The number of nitrogens with zero attached hydrogens (tertiary/aromatic N) is 3. The van der Waals surface area contributed by atoms with E-state index in [9.17, 15) is 10.1 Å². The zero-order chi connectivity index (χ0) is 15.4. The zero-order valence-corrected chi connectivity index (χ0v) is 12.3. The maximum absolute atomic E-state index is 11.1. The minimum atomic E-state index is -0.439. The van der Waals surface area contributed by atoms with Gasteiger partial charge in [0.1, 0.15) is 5.69 Å². The van der Waals surface area contributed by atoms with Gasteiger partial charge in [-0.15, -0.1) is 0 Å². The maximum Gasteiger partial charge on any atom is 0.334 e. The molecule has 0 bridgehead atoms. The van der Waals surface area contributed by atoms with Crippen LogP contribution in [0.1, 0.15) is 37.4 Å². The van der Waals surface area contributed by atoms with E-state index in [4.69, 9.17) is 5.73 Å². The maximum atomic E-state index is 11.1. The van der Waals surface area contributed by atoms with Crippen LogP contribution in [0.15, 0.2) is 30.3 Å². The second-order valence-electron chi connectivity index (χ2n) is 5.34. The number of aryl methyl sites for hydroxylation is 2. The Morgan fingerprint density at radius 3 is 2.52 bits per heavy atom. The minimum Gasteiger partial charge on any atom is -0.378 e. The monoisotopic (exact) mass is 288 g/mol. The van der Waals surface area contributed by atoms with Crippen LogP contribution in [0.5, 0.6) is 0 Å². The first-order valence-electron chi connectivity index (χ1n) is 7.05. The predicted molar refractivity (Wildman–Crippen MR) is 82.1 cm³/mol. The highest BCUT2D eigenvalue weighted by molar-refractivity contribution is 5.57. The quantitative estimate of drug-likeness (QED) is 0.653. The lowest BCUT2D eigenvalue weighted by molar-refractivity contribution is -0.384. The van der Waals surface area contributed by atoms with Gasteiger partial charge in [-0.2, -0.15) is 5.10 Å². The van der Waals surface area contributed by atoms with Gasteiger partial charge >= 0.3 is 5.69 Å². The molecule has 0 saturated carbocycles. The first kappa shape index (κ1) is 15.0. The topological polar surface area (TPSA) is 87.0 Å². The Bertz CT molecular complexity index is 620. The molecule has 0 aliphatic carbocycles. The van der Waals surface area contributed by atoms with Crippen molar-refractivity contribution >= 4 is 11.5 Å². The number of hydrogen-bond donors (Lipinski definition) is 1. The molecule has 0 unspecified atom stereocenters. The second kappa shape index (κ2) is 6.39. The lowest BCUT2D eigenvalue weighted by Crippen LogP contribution is -2.06. The number of benzene rings is 1. The predicted octanol–water partition coefficient (Wildman–Crippen LogP) is 3.13. The SMILES string of the molecule is CC(C)c1nn(CCCc2ccccc2)c(N)c1[N+](=O)[O-]. The molecule has 21 heavy (non-hydrogen) atoms. The van der Waals surface area contributed by atoms with Crippen LogP contribution >= 0.6 is 0 Å². The van der Waals surface area contributed by atoms with Gasteiger partial charge in [0.25, 0.3) is 0 Å². The summed E-state index contributed by atoms with van der Waals surface area (Å²) < 4.78 is 1.55. The van der Waals surface area contributed by atoms with E-state index in [1.54, 1.807) is 4.68 Å². The highest BCUT2D eigenvalue weighted by Gasteiger charge is 2.27. The van der Waals surface area contributed by atoms with Crippen LogP contribution in [0.3, 0.4) is 0 Å². The summed E-state index contributed by atoms with van der Waals surface area (Å²) in [5.41, 5.74) is 7.52. The van der Waals surface area contributed by atoms with Crippen LogP contribution in [-0.4, -0.2) is 14.7 Å². The van der Waals surface area contributed by atoms with Crippen LogP contribution < -0.4 is 5.73 Å². The van der Waals surface area contributed by atoms with Crippen LogP contribution in [0.2, 0.25) is 0 Å². The Labute approximate surface area is 123 Å². The van der Waals surface area contributed by atoms with Crippen LogP contribution in [-0.2, 0) is 13.0 Å². The molecule has 112 valence electrons. The molecule has 0 amide bonds. The molecule has 6 heteroatoms. The third-order valence-corrected chi connectivity index (χ3v) is 3.40. The number of rotatable bonds is 6. The van der Waals surface area contributed by atoms with Gasteiger partial charge in [0.05, 0.1) is 4.92 Å². The molecule has 2 rings (SSSR count). The molecular weight excluding hydrogens is 268 g/mol. The molecule has 0 spiro atoms.